The Kier molecular flexibility index (Phi) is 9.03. The molecule has 0 aliphatic heterocycles. The molecule has 2 amide bonds. The summed E-state index contributed by atoms with van der Waals surface area (Å²) in [7, 11) is -3.84. The standard InChI is InChI=1S/C20H23N3O6S2/c1-30-12-11-17(23-19(25)14-5-3-2-4-6-14)20(26)29-13-18(24)22-15-7-9-16(10-8-15)31(21,27)28/h2-10,17H,11-13H2,1H3,(H,22,24)(H,23,25)(H2,21,27,28)/t17-/m1/s1. The molecule has 0 fully saturated rings. The minimum Gasteiger partial charge on any atom is -0.454 e. The van der Waals surface area contributed by atoms with Crippen LogP contribution < -0.4 is 15.8 Å². The van der Waals surface area contributed by atoms with Gasteiger partial charge in [-0.15, -0.1) is 0 Å². The van der Waals surface area contributed by atoms with Crippen molar-refractivity contribution < 1.29 is 27.5 Å². The van der Waals surface area contributed by atoms with Crippen molar-refractivity contribution in [1.82, 2.24) is 5.32 Å². The van der Waals surface area contributed by atoms with Gasteiger partial charge in [-0.25, -0.2) is 18.4 Å². The SMILES string of the molecule is CSCC[C@@H](NC(=O)c1ccccc1)C(=O)OCC(=O)Nc1ccc(S(N)(=O)=O)cc1. The number of benzene rings is 2. The van der Waals surface area contributed by atoms with Gasteiger partial charge in [-0.2, -0.15) is 11.8 Å². The molecule has 0 heterocycles. The molecule has 11 heteroatoms. The highest BCUT2D eigenvalue weighted by Gasteiger charge is 2.23. The molecule has 0 radical (unpaired) electrons. The lowest BCUT2D eigenvalue weighted by Crippen LogP contribution is -2.43. The van der Waals surface area contributed by atoms with Crippen LogP contribution in [0.3, 0.4) is 0 Å². The average Bonchev–Trinajstić information content (AvgIpc) is 2.75. The van der Waals surface area contributed by atoms with Crippen molar-refractivity contribution in [3.63, 3.8) is 0 Å². The number of ether oxygens (including phenoxy) is 1. The zero-order valence-corrected chi connectivity index (χ0v) is 18.4. The van der Waals surface area contributed by atoms with E-state index in [2.05, 4.69) is 10.6 Å². The summed E-state index contributed by atoms with van der Waals surface area (Å²) in [5.41, 5.74) is 0.717. The van der Waals surface area contributed by atoms with Crippen LogP contribution in [-0.4, -0.2) is 50.9 Å². The van der Waals surface area contributed by atoms with Crippen molar-refractivity contribution >= 4 is 45.3 Å². The number of hydrogen-bond donors (Lipinski definition) is 3. The fourth-order valence-electron chi connectivity index (χ4n) is 2.48. The fourth-order valence-corrected chi connectivity index (χ4v) is 3.46. The highest BCUT2D eigenvalue weighted by Crippen LogP contribution is 2.13. The van der Waals surface area contributed by atoms with E-state index in [0.29, 0.717) is 23.4 Å². The lowest BCUT2D eigenvalue weighted by atomic mass is 10.1. The second kappa shape index (κ2) is 11.5. The molecule has 1 atom stereocenters. The third-order valence-corrected chi connectivity index (χ3v) is 5.62. The minimum atomic E-state index is -3.84. The van der Waals surface area contributed by atoms with Crippen LogP contribution in [0, 0.1) is 0 Å². The predicted molar refractivity (Wildman–Crippen MR) is 118 cm³/mol. The number of primary sulfonamides is 1. The van der Waals surface area contributed by atoms with Crippen LogP contribution in [-0.2, 0) is 24.3 Å². The molecule has 2 aromatic rings. The summed E-state index contributed by atoms with van der Waals surface area (Å²) < 4.78 is 27.6. The molecular weight excluding hydrogens is 442 g/mol. The maximum absolute atomic E-state index is 12.4. The van der Waals surface area contributed by atoms with Crippen LogP contribution >= 0.6 is 11.8 Å². The van der Waals surface area contributed by atoms with Gasteiger partial charge in [0.1, 0.15) is 6.04 Å². The number of sulfonamides is 1. The largest absolute Gasteiger partial charge is 0.454 e. The van der Waals surface area contributed by atoms with E-state index >= 15 is 0 Å². The summed E-state index contributed by atoms with van der Waals surface area (Å²) in [6.07, 6.45) is 2.21. The third kappa shape index (κ3) is 8.04. The summed E-state index contributed by atoms with van der Waals surface area (Å²) in [6, 6.07) is 12.8. The summed E-state index contributed by atoms with van der Waals surface area (Å²) in [4.78, 5) is 36.7. The first-order valence-electron chi connectivity index (χ1n) is 9.15. The Morgan fingerprint density at radius 1 is 1.06 bits per heavy atom. The number of nitrogens with one attached hydrogen (secondary N) is 2. The lowest BCUT2D eigenvalue weighted by Gasteiger charge is -2.17. The Morgan fingerprint density at radius 2 is 1.71 bits per heavy atom. The van der Waals surface area contributed by atoms with E-state index in [1.807, 2.05) is 6.26 Å². The molecule has 0 aromatic heterocycles. The van der Waals surface area contributed by atoms with Crippen LogP contribution in [0.15, 0.2) is 59.5 Å². The van der Waals surface area contributed by atoms with Gasteiger partial charge in [0.25, 0.3) is 11.8 Å². The predicted octanol–water partition coefficient (Wildman–Crippen LogP) is 1.37. The fraction of sp³-hybridized carbons (Fsp3) is 0.250. The van der Waals surface area contributed by atoms with Crippen molar-refractivity contribution in [2.75, 3.05) is 23.9 Å². The summed E-state index contributed by atoms with van der Waals surface area (Å²) in [5.74, 6) is -1.15. The monoisotopic (exact) mass is 465 g/mol. The first-order valence-corrected chi connectivity index (χ1v) is 12.1. The highest BCUT2D eigenvalue weighted by atomic mass is 32.2. The number of carbonyl (C=O) groups is 3. The number of rotatable bonds is 10. The Morgan fingerprint density at radius 3 is 2.29 bits per heavy atom. The van der Waals surface area contributed by atoms with Gasteiger partial charge in [0.15, 0.2) is 6.61 Å². The molecule has 2 aromatic carbocycles. The Balaban J connectivity index is 1.92. The molecule has 0 saturated heterocycles. The first kappa shape index (κ1) is 24.4. The first-order chi connectivity index (χ1) is 14.7. The smallest absolute Gasteiger partial charge is 0.329 e. The van der Waals surface area contributed by atoms with Crippen molar-refractivity contribution in [2.45, 2.75) is 17.4 Å². The maximum atomic E-state index is 12.4. The van der Waals surface area contributed by atoms with Gasteiger partial charge in [0.2, 0.25) is 10.0 Å². The summed E-state index contributed by atoms with van der Waals surface area (Å²) >= 11 is 1.51. The van der Waals surface area contributed by atoms with Crippen molar-refractivity contribution in [2.24, 2.45) is 5.14 Å². The number of thioether (sulfide) groups is 1. The molecule has 4 N–H and O–H groups in total. The Hall–Kier alpha value is -2.89. The molecule has 0 aliphatic rings. The molecule has 2 rings (SSSR count). The van der Waals surface area contributed by atoms with E-state index < -0.39 is 40.5 Å². The topological polar surface area (TPSA) is 145 Å². The van der Waals surface area contributed by atoms with Gasteiger partial charge < -0.3 is 15.4 Å². The number of esters is 1. The molecule has 0 bridgehead atoms. The number of nitrogens with two attached hydrogens (primary N) is 1. The van der Waals surface area contributed by atoms with E-state index in [1.165, 1.54) is 36.0 Å². The number of anilines is 1. The van der Waals surface area contributed by atoms with Crippen molar-refractivity contribution in [3.05, 3.63) is 60.2 Å². The van der Waals surface area contributed by atoms with E-state index in [9.17, 15) is 22.8 Å². The summed E-state index contributed by atoms with van der Waals surface area (Å²) in [5, 5.41) is 10.1. The molecule has 0 spiro atoms. The van der Waals surface area contributed by atoms with Crippen molar-refractivity contribution in [1.29, 1.82) is 0 Å². The van der Waals surface area contributed by atoms with Gasteiger partial charge in [-0.1, -0.05) is 18.2 Å². The van der Waals surface area contributed by atoms with Crippen molar-refractivity contribution in [3.8, 4) is 0 Å². The quantitative estimate of drug-likeness (QED) is 0.449. The van der Waals surface area contributed by atoms with E-state index in [0.717, 1.165) is 0 Å². The van der Waals surface area contributed by atoms with Crippen LogP contribution in [0.5, 0.6) is 0 Å². The molecule has 31 heavy (non-hydrogen) atoms. The highest BCUT2D eigenvalue weighted by molar-refractivity contribution is 7.98. The van der Waals surface area contributed by atoms with E-state index in [4.69, 9.17) is 9.88 Å². The van der Waals surface area contributed by atoms with Crippen LogP contribution in [0.2, 0.25) is 0 Å². The molecule has 0 unspecified atom stereocenters. The zero-order valence-electron chi connectivity index (χ0n) is 16.7. The van der Waals surface area contributed by atoms with E-state index in [-0.39, 0.29) is 4.90 Å². The molecule has 166 valence electrons. The van der Waals surface area contributed by atoms with Crippen LogP contribution in [0.1, 0.15) is 16.8 Å². The maximum Gasteiger partial charge on any atom is 0.329 e. The normalized spacial score (nSPS) is 11.9. The number of carbonyl (C=O) groups excluding carboxylic acids is 3. The van der Waals surface area contributed by atoms with Gasteiger partial charge >= 0.3 is 5.97 Å². The Bertz CT molecular complexity index is 1010. The Labute approximate surface area is 184 Å². The van der Waals surface area contributed by atoms with E-state index in [1.54, 1.807) is 30.3 Å². The minimum absolute atomic E-state index is 0.0947. The van der Waals surface area contributed by atoms with Gasteiger partial charge in [-0.3, -0.25) is 9.59 Å². The average molecular weight is 466 g/mol. The molecule has 0 saturated carbocycles. The molecular formula is C20H23N3O6S2. The second-order valence-electron chi connectivity index (χ2n) is 6.40. The summed E-state index contributed by atoms with van der Waals surface area (Å²) in [6.45, 7) is -0.563. The second-order valence-corrected chi connectivity index (χ2v) is 8.95. The van der Waals surface area contributed by atoms with Gasteiger partial charge in [-0.05, 0) is 54.8 Å². The number of hydrogen-bond acceptors (Lipinski definition) is 7. The van der Waals surface area contributed by atoms with Gasteiger partial charge in [0.05, 0.1) is 4.90 Å². The lowest BCUT2D eigenvalue weighted by molar-refractivity contribution is -0.149. The van der Waals surface area contributed by atoms with Crippen LogP contribution in [0.25, 0.3) is 0 Å². The zero-order chi connectivity index (χ0) is 22.9. The third-order valence-electron chi connectivity index (χ3n) is 4.05. The molecule has 0 aliphatic carbocycles. The van der Waals surface area contributed by atoms with Crippen LogP contribution in [0.4, 0.5) is 5.69 Å². The number of amides is 2. The molecule has 9 nitrogen and oxygen atoms in total. The van der Waals surface area contributed by atoms with Gasteiger partial charge in [0, 0.05) is 11.3 Å².